The van der Waals surface area contributed by atoms with Crippen LogP contribution in [0.5, 0.6) is 0 Å². The summed E-state index contributed by atoms with van der Waals surface area (Å²) < 4.78 is 33.6. The highest BCUT2D eigenvalue weighted by atomic mass is 31.2. The quantitative estimate of drug-likeness (QED) is 0.0268. The van der Waals surface area contributed by atoms with Crippen molar-refractivity contribution in [1.82, 2.24) is 0 Å². The Balaban J connectivity index is 3.88. The van der Waals surface area contributed by atoms with Crippen LogP contribution in [-0.4, -0.2) is 49.9 Å². The SMILES string of the molecule is CCCCCC/C=C\C/C=C\CCCCCCCCCC(=O)OC(COCCCCCCCCCCCCCCCCCCCCCCCCCC)COP(=O)(O)OCCN. The van der Waals surface area contributed by atoms with E-state index in [9.17, 15) is 14.3 Å². The predicted molar refractivity (Wildman–Crippen MR) is 261 cm³/mol. The van der Waals surface area contributed by atoms with Gasteiger partial charge in [-0.1, -0.05) is 237 Å². The van der Waals surface area contributed by atoms with Gasteiger partial charge in [0, 0.05) is 19.6 Å². The van der Waals surface area contributed by atoms with Crippen molar-refractivity contribution >= 4 is 13.8 Å². The normalized spacial score (nSPS) is 13.4. The number of esters is 1. The van der Waals surface area contributed by atoms with E-state index in [4.69, 9.17) is 24.3 Å². The number of unbranched alkanes of at least 4 members (excludes halogenated alkanes) is 34. The lowest BCUT2D eigenvalue weighted by molar-refractivity contribution is -0.154. The van der Waals surface area contributed by atoms with Crippen LogP contribution >= 0.6 is 7.82 Å². The molecule has 0 rings (SSSR count). The van der Waals surface area contributed by atoms with Gasteiger partial charge in [-0.3, -0.25) is 13.8 Å². The molecule has 0 aromatic carbocycles. The van der Waals surface area contributed by atoms with Crippen LogP contribution in [0.2, 0.25) is 0 Å². The second-order valence-electron chi connectivity index (χ2n) is 17.7. The molecular weight excluding hydrogens is 782 g/mol. The van der Waals surface area contributed by atoms with Crippen molar-refractivity contribution in [2.45, 2.75) is 270 Å². The Morgan fingerprint density at radius 1 is 0.492 bits per heavy atom. The number of nitrogens with two attached hydrogens (primary N) is 1. The van der Waals surface area contributed by atoms with E-state index in [0.717, 1.165) is 44.9 Å². The molecule has 0 aliphatic carbocycles. The number of phosphoric acid groups is 1. The van der Waals surface area contributed by atoms with Crippen molar-refractivity contribution in [1.29, 1.82) is 0 Å². The van der Waals surface area contributed by atoms with Crippen molar-refractivity contribution in [3.05, 3.63) is 24.3 Å². The summed E-state index contributed by atoms with van der Waals surface area (Å²) in [5.41, 5.74) is 5.39. The van der Waals surface area contributed by atoms with Gasteiger partial charge in [-0.15, -0.1) is 0 Å². The van der Waals surface area contributed by atoms with Gasteiger partial charge in [0.15, 0.2) is 0 Å². The van der Waals surface area contributed by atoms with Crippen LogP contribution in [0.1, 0.15) is 264 Å². The topological polar surface area (TPSA) is 117 Å². The molecule has 0 fully saturated rings. The van der Waals surface area contributed by atoms with Gasteiger partial charge in [-0.25, -0.2) is 4.57 Å². The molecule has 61 heavy (non-hydrogen) atoms. The Labute approximate surface area is 378 Å². The van der Waals surface area contributed by atoms with E-state index in [0.29, 0.717) is 13.0 Å². The Bertz CT molecular complexity index is 993. The van der Waals surface area contributed by atoms with E-state index in [1.165, 1.54) is 199 Å². The van der Waals surface area contributed by atoms with Crippen molar-refractivity contribution in [3.8, 4) is 0 Å². The molecule has 0 aliphatic rings. The van der Waals surface area contributed by atoms with E-state index in [1.807, 2.05) is 0 Å². The van der Waals surface area contributed by atoms with Gasteiger partial charge >= 0.3 is 13.8 Å². The lowest BCUT2D eigenvalue weighted by atomic mass is 10.0. The second kappa shape index (κ2) is 50.0. The minimum Gasteiger partial charge on any atom is -0.457 e. The minimum atomic E-state index is -4.28. The molecule has 8 nitrogen and oxygen atoms in total. The maximum atomic E-state index is 12.6. The molecule has 0 amide bonds. The molecule has 2 unspecified atom stereocenters. The maximum Gasteiger partial charge on any atom is 0.472 e. The Morgan fingerprint density at radius 3 is 1.30 bits per heavy atom. The molecule has 2 atom stereocenters. The lowest BCUT2D eigenvalue weighted by Gasteiger charge is -2.20. The lowest BCUT2D eigenvalue weighted by Crippen LogP contribution is -2.28. The molecule has 0 bridgehead atoms. The standard InChI is InChI=1S/C52H102NO7P/c1-3-5-7-9-11-13-15-17-19-21-23-24-25-26-27-28-30-32-34-36-38-40-42-44-47-57-49-51(50-59-61(55,56)58-48-46-53)60-52(54)45-43-41-39-37-35-33-31-29-22-20-18-16-14-12-10-8-6-4-2/h14,16,20,22,51H,3-13,15,17-19,21,23-50,53H2,1-2H3,(H,55,56)/b16-14-,22-20-. The van der Waals surface area contributed by atoms with Crippen LogP contribution < -0.4 is 5.73 Å². The Hall–Kier alpha value is -1.02. The second-order valence-corrected chi connectivity index (χ2v) is 19.2. The van der Waals surface area contributed by atoms with E-state index < -0.39 is 13.9 Å². The summed E-state index contributed by atoms with van der Waals surface area (Å²) in [6, 6.07) is 0. The summed E-state index contributed by atoms with van der Waals surface area (Å²) >= 11 is 0. The zero-order valence-corrected chi connectivity index (χ0v) is 41.3. The number of carbonyl (C=O) groups is 1. The molecule has 0 heterocycles. The molecule has 3 N–H and O–H groups in total. The summed E-state index contributed by atoms with van der Waals surface area (Å²) in [6.45, 7) is 4.96. The van der Waals surface area contributed by atoms with E-state index in [2.05, 4.69) is 38.2 Å². The van der Waals surface area contributed by atoms with Gasteiger partial charge in [-0.2, -0.15) is 0 Å². The fraction of sp³-hybridized carbons (Fsp3) is 0.904. The minimum absolute atomic E-state index is 0.0947. The Kier molecular flexibility index (Phi) is 49.2. The van der Waals surface area contributed by atoms with Gasteiger partial charge in [0.2, 0.25) is 0 Å². The molecule has 0 radical (unpaired) electrons. The maximum absolute atomic E-state index is 12.6. The van der Waals surface area contributed by atoms with Crippen LogP contribution in [0, 0.1) is 0 Å². The first-order valence-electron chi connectivity index (χ1n) is 26.3. The number of phosphoric ester groups is 1. The van der Waals surface area contributed by atoms with Crippen LogP contribution in [0.3, 0.4) is 0 Å². The highest BCUT2D eigenvalue weighted by Gasteiger charge is 2.25. The molecule has 0 aromatic rings. The van der Waals surface area contributed by atoms with Gasteiger partial charge in [0.25, 0.3) is 0 Å². The van der Waals surface area contributed by atoms with Gasteiger partial charge in [0.1, 0.15) is 6.10 Å². The van der Waals surface area contributed by atoms with Gasteiger partial charge < -0.3 is 20.1 Å². The van der Waals surface area contributed by atoms with E-state index in [1.54, 1.807) is 0 Å². The zero-order chi connectivity index (χ0) is 44.4. The van der Waals surface area contributed by atoms with Crippen molar-refractivity contribution in [3.63, 3.8) is 0 Å². The smallest absolute Gasteiger partial charge is 0.457 e. The van der Waals surface area contributed by atoms with Gasteiger partial charge in [-0.05, 0) is 44.9 Å². The average Bonchev–Trinajstić information content (AvgIpc) is 3.25. The number of carbonyl (C=O) groups excluding carboxylic acids is 1. The number of allylic oxidation sites excluding steroid dienone is 4. The first-order chi connectivity index (χ1) is 29.9. The van der Waals surface area contributed by atoms with Gasteiger partial charge in [0.05, 0.1) is 19.8 Å². The van der Waals surface area contributed by atoms with E-state index in [-0.39, 0.29) is 32.3 Å². The Morgan fingerprint density at radius 2 is 0.869 bits per heavy atom. The summed E-state index contributed by atoms with van der Waals surface area (Å²) in [6.07, 6.45) is 57.9. The average molecular weight is 884 g/mol. The third kappa shape index (κ3) is 49.8. The van der Waals surface area contributed by atoms with E-state index >= 15 is 0 Å². The summed E-state index contributed by atoms with van der Waals surface area (Å²) in [5.74, 6) is -0.333. The highest BCUT2D eigenvalue weighted by Crippen LogP contribution is 2.43. The molecule has 0 saturated carbocycles. The highest BCUT2D eigenvalue weighted by molar-refractivity contribution is 7.47. The van der Waals surface area contributed by atoms with Crippen LogP contribution in [0.25, 0.3) is 0 Å². The summed E-state index contributed by atoms with van der Waals surface area (Å²) in [4.78, 5) is 22.6. The first kappa shape index (κ1) is 60.0. The largest absolute Gasteiger partial charge is 0.472 e. The van der Waals surface area contributed by atoms with Crippen molar-refractivity contribution in [2.75, 3.05) is 33.0 Å². The molecule has 362 valence electrons. The molecule has 0 aliphatic heterocycles. The predicted octanol–water partition coefficient (Wildman–Crippen LogP) is 16.4. The van der Waals surface area contributed by atoms with Crippen LogP contribution in [0.15, 0.2) is 24.3 Å². The summed E-state index contributed by atoms with van der Waals surface area (Å²) in [7, 11) is -4.28. The number of ether oxygens (including phenoxy) is 2. The first-order valence-corrected chi connectivity index (χ1v) is 27.8. The molecule has 0 spiro atoms. The molecule has 0 saturated heterocycles. The molecule has 0 aromatic heterocycles. The fourth-order valence-electron chi connectivity index (χ4n) is 7.74. The number of hydrogen-bond donors (Lipinski definition) is 2. The van der Waals surface area contributed by atoms with Crippen LogP contribution in [0.4, 0.5) is 0 Å². The number of hydrogen-bond acceptors (Lipinski definition) is 7. The zero-order valence-electron chi connectivity index (χ0n) is 40.4. The summed E-state index contributed by atoms with van der Waals surface area (Å²) in [5, 5.41) is 0. The van der Waals surface area contributed by atoms with Crippen LogP contribution in [-0.2, 0) is 27.9 Å². The fourth-order valence-corrected chi connectivity index (χ4v) is 8.50. The molecule has 9 heteroatoms. The monoisotopic (exact) mass is 884 g/mol. The third-order valence-electron chi connectivity index (χ3n) is 11.6. The third-order valence-corrected chi connectivity index (χ3v) is 12.6. The van der Waals surface area contributed by atoms with Crippen molar-refractivity contribution in [2.24, 2.45) is 5.73 Å². The molecular formula is C52H102NO7P. The van der Waals surface area contributed by atoms with Crippen molar-refractivity contribution < 1.29 is 32.8 Å². The number of rotatable bonds is 51.